The lowest BCUT2D eigenvalue weighted by Gasteiger charge is -1.86. The van der Waals surface area contributed by atoms with Crippen molar-refractivity contribution < 1.29 is 9.18 Å². The minimum Gasteiger partial charge on any atom is -0.309 e. The first-order chi connectivity index (χ1) is 2.64. The first-order valence-electron chi connectivity index (χ1n) is 1.79. The van der Waals surface area contributed by atoms with Crippen molar-refractivity contribution in [1.82, 2.24) is 0 Å². The highest BCUT2D eigenvalue weighted by Crippen LogP contribution is 1.82. The molecular weight excluding hydrogens is 81.8 g/mol. The molecule has 0 N–H and O–H groups in total. The van der Waals surface area contributed by atoms with Gasteiger partial charge in [0.25, 0.3) is 0 Å². The molecule has 0 aliphatic carbocycles. The third kappa shape index (κ3) is 1.94. The average Bonchev–Trinajstić information content (AvgIpc) is 1.36. The Morgan fingerprint density at radius 3 is 2.17 bits per heavy atom. The predicted molar refractivity (Wildman–Crippen MR) is 24.1 cm³/mol. The van der Waals surface area contributed by atoms with Crippen molar-refractivity contribution in [1.29, 1.82) is 0 Å². The van der Waals surface area contributed by atoms with E-state index in [0.717, 1.165) is 0 Å². The van der Waals surface area contributed by atoms with Crippen LogP contribution in [0.5, 0.6) is 0 Å². The lowest BCUT2D eigenvalue weighted by molar-refractivity contribution is -0.115. The van der Waals surface area contributed by atoms with Crippen molar-refractivity contribution in [2.45, 2.75) is 13.1 Å². The molecule has 1 unspecified atom stereocenters. The van der Waals surface area contributed by atoms with Crippen LogP contribution in [0.2, 0.25) is 0 Å². The molecule has 0 heterocycles. The van der Waals surface area contributed by atoms with E-state index in [-0.39, 0.29) is 0 Å². The third-order valence-electron chi connectivity index (χ3n) is 0.560. The van der Waals surface area contributed by atoms with Gasteiger partial charge in [-0.15, -0.1) is 0 Å². The van der Waals surface area contributed by atoms with Crippen LogP contribution in [0, 0.1) is 0 Å². The fourth-order valence-corrected chi connectivity index (χ4v) is 0. The van der Waals surface area contributed by atoms with Crippen LogP contribution in [0.3, 0.4) is 0 Å². The number of hydrogen-bond donors (Lipinski definition) is 0. The zero-order valence-corrected chi connectivity index (χ0v) is 3.86. The van der Waals surface area contributed by atoms with Gasteiger partial charge in [0.2, 0.25) is 0 Å². The van der Waals surface area contributed by atoms with Gasteiger partial charge in [0.1, 0.15) is 11.9 Å². The van der Waals surface area contributed by atoms with Gasteiger partial charge in [-0.2, -0.15) is 0 Å². The molecule has 0 bridgehead atoms. The van der Waals surface area contributed by atoms with Crippen LogP contribution in [-0.4, -0.2) is 19.7 Å². The fourth-order valence-electron chi connectivity index (χ4n) is 0. The quantitative estimate of drug-likeness (QED) is 0.395. The number of carbonyl (C=O) groups excluding carboxylic acids is 1. The molecule has 0 spiro atoms. The second-order valence-electron chi connectivity index (χ2n) is 1.23. The van der Waals surface area contributed by atoms with E-state index in [4.69, 9.17) is 0 Å². The Bertz CT molecular complexity index is 61.8. The van der Waals surface area contributed by atoms with Crippen LogP contribution in [0.4, 0.5) is 4.39 Å². The molecular formula is C3H6BFO. The van der Waals surface area contributed by atoms with Gasteiger partial charge in [-0.3, -0.25) is 0 Å². The molecule has 0 rings (SSSR count). The van der Waals surface area contributed by atoms with Crippen molar-refractivity contribution in [3.8, 4) is 0 Å². The maximum Gasteiger partial charge on any atom is 0.191 e. The second-order valence-corrected chi connectivity index (χ2v) is 1.23. The van der Waals surface area contributed by atoms with Crippen LogP contribution in [0.25, 0.3) is 0 Å². The smallest absolute Gasteiger partial charge is 0.191 e. The molecule has 0 aliphatic rings. The normalized spacial score (nSPS) is 13.7. The van der Waals surface area contributed by atoms with Gasteiger partial charge in [0.05, 0.1) is 0 Å². The van der Waals surface area contributed by atoms with Crippen LogP contribution < -0.4 is 0 Å². The summed E-state index contributed by atoms with van der Waals surface area (Å²) in [5.41, 5.74) is -0.407. The minimum absolute atomic E-state index is 0.407. The fraction of sp³-hybridized carbons (Fsp3) is 0.667. The molecule has 0 saturated heterocycles. The third-order valence-corrected chi connectivity index (χ3v) is 0.560. The van der Waals surface area contributed by atoms with Gasteiger partial charge in [-0.05, 0) is 6.92 Å². The number of halogens is 1. The number of rotatable bonds is 1. The maximum absolute atomic E-state index is 11.5. The van der Waals surface area contributed by atoms with Crippen LogP contribution in [0.15, 0.2) is 0 Å². The summed E-state index contributed by atoms with van der Waals surface area (Å²) in [4.78, 5) is 9.77. The highest BCUT2D eigenvalue weighted by molar-refractivity contribution is 6.58. The molecule has 1 nitrogen and oxygen atoms in total. The molecule has 34 valence electrons. The van der Waals surface area contributed by atoms with E-state index in [1.165, 1.54) is 14.8 Å². The summed E-state index contributed by atoms with van der Waals surface area (Å²) in [5.74, 6) is 0. The Morgan fingerprint density at radius 2 is 2.17 bits per heavy atom. The summed E-state index contributed by atoms with van der Waals surface area (Å²) in [6.07, 6.45) is -1.29. The summed E-state index contributed by atoms with van der Waals surface area (Å²) in [6.45, 7) is 1.22. The van der Waals surface area contributed by atoms with Crippen molar-refractivity contribution in [3.63, 3.8) is 0 Å². The molecule has 6 heavy (non-hydrogen) atoms. The van der Waals surface area contributed by atoms with E-state index >= 15 is 0 Å². The zero-order valence-electron chi connectivity index (χ0n) is 3.86. The molecule has 0 aromatic heterocycles. The lowest BCUT2D eigenvalue weighted by Crippen LogP contribution is -2.09. The first kappa shape index (κ1) is 5.66. The second kappa shape index (κ2) is 1.95. The van der Waals surface area contributed by atoms with Gasteiger partial charge in [0.15, 0.2) is 7.85 Å². The van der Waals surface area contributed by atoms with Gasteiger partial charge < -0.3 is 4.79 Å². The summed E-state index contributed by atoms with van der Waals surface area (Å²) in [6, 6.07) is 0. The Hall–Kier alpha value is -0.335. The first-order valence-corrected chi connectivity index (χ1v) is 1.79. The average molecular weight is 87.9 g/mol. The van der Waals surface area contributed by atoms with Gasteiger partial charge in [-0.1, -0.05) is 0 Å². The van der Waals surface area contributed by atoms with E-state index in [9.17, 15) is 9.18 Å². The Balaban J connectivity index is 3.26. The van der Waals surface area contributed by atoms with Crippen molar-refractivity contribution in [3.05, 3.63) is 0 Å². The predicted octanol–water partition coefficient (Wildman–Crippen LogP) is -0.496. The van der Waals surface area contributed by atoms with E-state index < -0.39 is 11.9 Å². The molecule has 0 saturated carbocycles. The highest BCUT2D eigenvalue weighted by Gasteiger charge is 2.00. The Morgan fingerprint density at radius 1 is 2.00 bits per heavy atom. The Labute approximate surface area is 36.9 Å². The van der Waals surface area contributed by atoms with Gasteiger partial charge in [0, 0.05) is 0 Å². The molecule has 3 heteroatoms. The SMILES string of the molecule is BC(=O)C(C)F. The highest BCUT2D eigenvalue weighted by atomic mass is 19.1. The van der Waals surface area contributed by atoms with Crippen LogP contribution in [0.1, 0.15) is 6.92 Å². The number of alkyl halides is 1. The number of hydrogen-bond acceptors (Lipinski definition) is 1. The lowest BCUT2D eigenvalue weighted by atomic mass is 10.00. The molecule has 1 atom stereocenters. The van der Waals surface area contributed by atoms with E-state index in [1.807, 2.05) is 0 Å². The summed E-state index contributed by atoms with van der Waals surface area (Å²) >= 11 is 0. The monoisotopic (exact) mass is 88.0 g/mol. The number of carbonyl (C=O) groups is 1. The molecule has 0 amide bonds. The molecule has 0 fully saturated rings. The van der Waals surface area contributed by atoms with Crippen molar-refractivity contribution >= 4 is 13.5 Å². The maximum atomic E-state index is 11.5. The van der Waals surface area contributed by atoms with Crippen molar-refractivity contribution in [2.24, 2.45) is 0 Å². The van der Waals surface area contributed by atoms with E-state index in [2.05, 4.69) is 0 Å². The van der Waals surface area contributed by atoms with Crippen LogP contribution in [-0.2, 0) is 4.79 Å². The summed E-state index contributed by atoms with van der Waals surface area (Å²) in [5, 5.41) is 0. The standard InChI is InChI=1S/C3H6BFO/c1-2(5)3(4)6/h2H,4H2,1H3. The minimum atomic E-state index is -1.29. The Kier molecular flexibility index (Phi) is 1.84. The van der Waals surface area contributed by atoms with Gasteiger partial charge in [-0.25, -0.2) is 4.39 Å². The zero-order chi connectivity index (χ0) is 5.15. The molecule has 0 radical (unpaired) electrons. The van der Waals surface area contributed by atoms with Crippen LogP contribution >= 0.6 is 0 Å². The summed E-state index contributed by atoms with van der Waals surface area (Å²) < 4.78 is 11.5. The molecule has 0 aromatic carbocycles. The largest absolute Gasteiger partial charge is 0.309 e. The van der Waals surface area contributed by atoms with E-state index in [1.54, 1.807) is 0 Å². The van der Waals surface area contributed by atoms with E-state index in [0.29, 0.717) is 0 Å². The van der Waals surface area contributed by atoms with Crippen molar-refractivity contribution in [2.75, 3.05) is 0 Å². The summed E-state index contributed by atoms with van der Waals surface area (Å²) in [7, 11) is 1.23. The molecule has 0 aromatic rings. The topological polar surface area (TPSA) is 17.1 Å². The van der Waals surface area contributed by atoms with Gasteiger partial charge >= 0.3 is 0 Å². The molecule has 0 aliphatic heterocycles.